The summed E-state index contributed by atoms with van der Waals surface area (Å²) in [5, 5.41) is 10.00. The summed E-state index contributed by atoms with van der Waals surface area (Å²) >= 11 is 6.07. The molecular formula is C12H8ClN3O. The predicted molar refractivity (Wildman–Crippen MR) is 66.0 cm³/mol. The number of aromatic nitrogens is 3. The van der Waals surface area contributed by atoms with Gasteiger partial charge < -0.3 is 10.1 Å². The van der Waals surface area contributed by atoms with Crippen LogP contribution in [-0.2, 0) is 0 Å². The van der Waals surface area contributed by atoms with Crippen LogP contribution in [-0.4, -0.2) is 20.1 Å². The number of benzene rings is 1. The molecule has 0 saturated heterocycles. The maximum Gasteiger partial charge on any atom is 0.140 e. The lowest BCUT2D eigenvalue weighted by Gasteiger charge is -2.00. The number of nitrogens with one attached hydrogen (secondary N) is 1. The Labute approximate surface area is 102 Å². The van der Waals surface area contributed by atoms with Crippen LogP contribution >= 0.6 is 11.6 Å². The van der Waals surface area contributed by atoms with E-state index in [0.717, 1.165) is 11.0 Å². The summed E-state index contributed by atoms with van der Waals surface area (Å²) in [5.41, 5.74) is 2.32. The van der Waals surface area contributed by atoms with Gasteiger partial charge in [-0.3, -0.25) is 4.98 Å². The highest BCUT2D eigenvalue weighted by Gasteiger charge is 2.09. The van der Waals surface area contributed by atoms with Gasteiger partial charge in [0.1, 0.15) is 11.6 Å². The summed E-state index contributed by atoms with van der Waals surface area (Å²) in [6, 6.07) is 6.56. The molecule has 84 valence electrons. The second-order valence-electron chi connectivity index (χ2n) is 3.64. The first kappa shape index (κ1) is 10.1. The Kier molecular flexibility index (Phi) is 2.23. The van der Waals surface area contributed by atoms with E-state index in [4.69, 9.17) is 11.6 Å². The van der Waals surface area contributed by atoms with Crippen molar-refractivity contribution in [1.82, 2.24) is 15.0 Å². The van der Waals surface area contributed by atoms with Crippen molar-refractivity contribution in [3.05, 3.63) is 41.7 Å². The first-order valence-corrected chi connectivity index (χ1v) is 5.40. The number of pyridine rings is 1. The van der Waals surface area contributed by atoms with Crippen LogP contribution in [0.15, 0.2) is 36.7 Å². The molecule has 0 saturated carbocycles. The SMILES string of the molecule is Oc1ccc(Cl)c(-c2nc3ccncc3[nH]2)c1. The Balaban J connectivity index is 2.23. The van der Waals surface area contributed by atoms with Crippen molar-refractivity contribution < 1.29 is 5.11 Å². The van der Waals surface area contributed by atoms with Gasteiger partial charge in [0.05, 0.1) is 22.3 Å². The Morgan fingerprint density at radius 1 is 1.24 bits per heavy atom. The van der Waals surface area contributed by atoms with Crippen LogP contribution in [0.2, 0.25) is 5.02 Å². The third-order valence-corrected chi connectivity index (χ3v) is 2.82. The molecule has 0 bridgehead atoms. The number of fused-ring (bicyclic) bond motifs is 1. The van der Waals surface area contributed by atoms with Crippen LogP contribution in [0.4, 0.5) is 0 Å². The van der Waals surface area contributed by atoms with E-state index < -0.39 is 0 Å². The van der Waals surface area contributed by atoms with Crippen LogP contribution in [0.25, 0.3) is 22.4 Å². The Hall–Kier alpha value is -2.07. The number of nitrogens with zero attached hydrogens (tertiary/aromatic N) is 2. The number of hydrogen-bond donors (Lipinski definition) is 2. The number of phenols is 1. The number of hydrogen-bond acceptors (Lipinski definition) is 3. The minimum atomic E-state index is 0.156. The lowest BCUT2D eigenvalue weighted by atomic mass is 10.2. The summed E-state index contributed by atoms with van der Waals surface area (Å²) < 4.78 is 0. The normalized spacial score (nSPS) is 10.9. The molecular weight excluding hydrogens is 238 g/mol. The number of phenolic OH excluding ortho intramolecular Hbond substituents is 1. The molecule has 0 atom stereocenters. The van der Waals surface area contributed by atoms with Crippen molar-refractivity contribution in [3.63, 3.8) is 0 Å². The highest BCUT2D eigenvalue weighted by molar-refractivity contribution is 6.33. The molecule has 2 N–H and O–H groups in total. The molecule has 3 aromatic rings. The monoisotopic (exact) mass is 245 g/mol. The maximum absolute atomic E-state index is 9.46. The van der Waals surface area contributed by atoms with Gasteiger partial charge >= 0.3 is 0 Å². The fraction of sp³-hybridized carbons (Fsp3) is 0. The number of aromatic hydroxyl groups is 1. The van der Waals surface area contributed by atoms with Gasteiger partial charge in [-0.05, 0) is 24.3 Å². The van der Waals surface area contributed by atoms with E-state index in [-0.39, 0.29) is 5.75 Å². The number of H-pyrrole nitrogens is 1. The molecule has 2 aromatic heterocycles. The molecule has 0 aliphatic rings. The zero-order valence-electron chi connectivity index (χ0n) is 8.68. The molecule has 1 aromatic carbocycles. The third-order valence-electron chi connectivity index (χ3n) is 2.49. The van der Waals surface area contributed by atoms with Gasteiger partial charge in [0.2, 0.25) is 0 Å². The molecule has 5 heteroatoms. The van der Waals surface area contributed by atoms with E-state index in [9.17, 15) is 5.11 Å². The van der Waals surface area contributed by atoms with Crippen molar-refractivity contribution in [3.8, 4) is 17.1 Å². The van der Waals surface area contributed by atoms with E-state index in [0.29, 0.717) is 16.4 Å². The van der Waals surface area contributed by atoms with Gasteiger partial charge in [0.25, 0.3) is 0 Å². The van der Waals surface area contributed by atoms with Gasteiger partial charge in [-0.15, -0.1) is 0 Å². The number of imidazole rings is 1. The number of aromatic amines is 1. The zero-order chi connectivity index (χ0) is 11.8. The Morgan fingerprint density at radius 2 is 2.12 bits per heavy atom. The molecule has 3 rings (SSSR count). The van der Waals surface area contributed by atoms with Gasteiger partial charge in [0.15, 0.2) is 0 Å². The lowest BCUT2D eigenvalue weighted by molar-refractivity contribution is 0.475. The average Bonchev–Trinajstić information content (AvgIpc) is 2.75. The van der Waals surface area contributed by atoms with Crippen molar-refractivity contribution >= 4 is 22.6 Å². The van der Waals surface area contributed by atoms with E-state index >= 15 is 0 Å². The molecule has 0 aliphatic heterocycles. The zero-order valence-corrected chi connectivity index (χ0v) is 9.44. The maximum atomic E-state index is 9.46. The van der Waals surface area contributed by atoms with E-state index in [2.05, 4.69) is 15.0 Å². The van der Waals surface area contributed by atoms with Gasteiger partial charge in [-0.2, -0.15) is 0 Å². The second kappa shape index (κ2) is 3.75. The minimum absolute atomic E-state index is 0.156. The van der Waals surface area contributed by atoms with Crippen LogP contribution in [0, 0.1) is 0 Å². The van der Waals surface area contributed by atoms with Crippen LogP contribution in [0.1, 0.15) is 0 Å². The topological polar surface area (TPSA) is 61.8 Å². The van der Waals surface area contributed by atoms with E-state index in [1.165, 1.54) is 6.07 Å². The average molecular weight is 246 g/mol. The Morgan fingerprint density at radius 3 is 2.94 bits per heavy atom. The van der Waals surface area contributed by atoms with Gasteiger partial charge in [-0.1, -0.05) is 11.6 Å². The van der Waals surface area contributed by atoms with E-state index in [1.807, 2.05) is 6.07 Å². The largest absolute Gasteiger partial charge is 0.508 e. The standard InChI is InChI=1S/C12H8ClN3O/c13-9-2-1-7(17)5-8(9)12-15-10-3-4-14-6-11(10)16-12/h1-6,17H,(H,15,16). The molecule has 0 spiro atoms. The Bertz CT molecular complexity index is 660. The van der Waals surface area contributed by atoms with E-state index in [1.54, 1.807) is 24.5 Å². The van der Waals surface area contributed by atoms with Crippen LogP contribution in [0.5, 0.6) is 5.75 Å². The fourth-order valence-electron chi connectivity index (χ4n) is 1.68. The minimum Gasteiger partial charge on any atom is -0.508 e. The highest BCUT2D eigenvalue weighted by atomic mass is 35.5. The first-order chi connectivity index (χ1) is 8.24. The molecule has 0 aliphatic carbocycles. The van der Waals surface area contributed by atoms with Crippen LogP contribution in [0.3, 0.4) is 0 Å². The highest BCUT2D eigenvalue weighted by Crippen LogP contribution is 2.30. The second-order valence-corrected chi connectivity index (χ2v) is 4.05. The van der Waals surface area contributed by atoms with Crippen molar-refractivity contribution in [1.29, 1.82) is 0 Å². The summed E-state index contributed by atoms with van der Waals surface area (Å²) in [6.07, 6.45) is 3.37. The molecule has 17 heavy (non-hydrogen) atoms. The van der Waals surface area contributed by atoms with Gasteiger partial charge in [-0.25, -0.2) is 4.98 Å². The number of halogens is 1. The molecule has 0 amide bonds. The third kappa shape index (κ3) is 1.72. The smallest absolute Gasteiger partial charge is 0.140 e. The molecule has 0 unspecified atom stereocenters. The molecule has 0 radical (unpaired) electrons. The van der Waals surface area contributed by atoms with Crippen molar-refractivity contribution in [2.75, 3.05) is 0 Å². The fourth-order valence-corrected chi connectivity index (χ4v) is 1.89. The summed E-state index contributed by atoms with van der Waals surface area (Å²) in [4.78, 5) is 11.5. The quantitative estimate of drug-likeness (QED) is 0.693. The first-order valence-electron chi connectivity index (χ1n) is 5.02. The lowest BCUT2D eigenvalue weighted by Crippen LogP contribution is -1.81. The predicted octanol–water partition coefficient (Wildman–Crippen LogP) is 2.98. The van der Waals surface area contributed by atoms with Crippen LogP contribution < -0.4 is 0 Å². The van der Waals surface area contributed by atoms with Crippen molar-refractivity contribution in [2.45, 2.75) is 0 Å². The summed E-state index contributed by atoms with van der Waals surface area (Å²) in [5.74, 6) is 0.775. The van der Waals surface area contributed by atoms with Gasteiger partial charge in [0, 0.05) is 11.8 Å². The summed E-state index contributed by atoms with van der Waals surface area (Å²) in [7, 11) is 0. The van der Waals surface area contributed by atoms with Crippen molar-refractivity contribution in [2.24, 2.45) is 0 Å². The number of rotatable bonds is 1. The molecule has 2 heterocycles. The summed E-state index contributed by atoms with van der Waals surface area (Å²) in [6.45, 7) is 0. The molecule has 4 nitrogen and oxygen atoms in total. The molecule has 0 fully saturated rings.